The van der Waals surface area contributed by atoms with E-state index in [0.29, 0.717) is 24.7 Å². The summed E-state index contributed by atoms with van der Waals surface area (Å²) in [7, 11) is 0. The molecule has 3 aromatic rings. The standard InChI is InChI=1S/C22H22ClN3O3/c23-19-5-1-4-16(10-19)21(27)14-24-7-8-26-20-6-2-3-15(11-20)17-9-18(22(28)29)13-25-12-17/h1-6,9-13,21,24,26-27H,7-8,14H2,(H,28,29)/t21-/m0/s1. The molecule has 7 heteroatoms. The third-order valence-electron chi connectivity index (χ3n) is 4.38. The minimum Gasteiger partial charge on any atom is -0.478 e. The average molecular weight is 412 g/mol. The highest BCUT2D eigenvalue weighted by Crippen LogP contribution is 2.23. The minimum absolute atomic E-state index is 0.156. The van der Waals surface area contributed by atoms with Gasteiger partial charge in [-0.2, -0.15) is 0 Å². The van der Waals surface area contributed by atoms with Gasteiger partial charge in [0.1, 0.15) is 0 Å². The Morgan fingerprint density at radius 1 is 1.03 bits per heavy atom. The molecule has 0 unspecified atom stereocenters. The second-order valence-electron chi connectivity index (χ2n) is 6.55. The van der Waals surface area contributed by atoms with Crippen LogP contribution in [0.15, 0.2) is 67.0 Å². The van der Waals surface area contributed by atoms with Gasteiger partial charge in [-0.3, -0.25) is 4.98 Å². The summed E-state index contributed by atoms with van der Waals surface area (Å²) < 4.78 is 0. The summed E-state index contributed by atoms with van der Waals surface area (Å²) in [5.74, 6) is -1.00. The molecule has 0 aliphatic heterocycles. The number of aromatic nitrogens is 1. The summed E-state index contributed by atoms with van der Waals surface area (Å²) in [5.41, 5.74) is 3.48. The van der Waals surface area contributed by atoms with E-state index in [0.717, 1.165) is 22.4 Å². The van der Waals surface area contributed by atoms with E-state index in [9.17, 15) is 9.90 Å². The van der Waals surface area contributed by atoms with Crippen LogP contribution in [0.2, 0.25) is 5.02 Å². The molecule has 6 nitrogen and oxygen atoms in total. The first-order valence-electron chi connectivity index (χ1n) is 9.20. The van der Waals surface area contributed by atoms with E-state index >= 15 is 0 Å². The SMILES string of the molecule is O=C(O)c1cncc(-c2cccc(NCCNC[C@H](O)c3cccc(Cl)c3)c2)c1. The molecule has 0 spiro atoms. The van der Waals surface area contributed by atoms with Crippen LogP contribution < -0.4 is 10.6 Å². The van der Waals surface area contributed by atoms with Crippen molar-refractivity contribution in [3.8, 4) is 11.1 Å². The Morgan fingerprint density at radius 2 is 1.86 bits per heavy atom. The zero-order valence-electron chi connectivity index (χ0n) is 15.7. The highest BCUT2D eigenvalue weighted by atomic mass is 35.5. The Bertz CT molecular complexity index is 981. The molecule has 1 aromatic heterocycles. The highest BCUT2D eigenvalue weighted by Gasteiger charge is 2.08. The van der Waals surface area contributed by atoms with Crippen LogP contribution in [-0.4, -0.2) is 40.8 Å². The topological polar surface area (TPSA) is 94.5 Å². The Balaban J connectivity index is 1.50. The number of nitrogens with zero attached hydrogens (tertiary/aromatic N) is 1. The molecule has 0 amide bonds. The number of benzene rings is 2. The van der Waals surface area contributed by atoms with Crippen molar-refractivity contribution >= 4 is 23.3 Å². The molecular weight excluding hydrogens is 390 g/mol. The Kier molecular flexibility index (Phi) is 7.19. The number of halogens is 1. The predicted molar refractivity (Wildman–Crippen MR) is 114 cm³/mol. The van der Waals surface area contributed by atoms with Gasteiger partial charge in [0.05, 0.1) is 11.7 Å². The van der Waals surface area contributed by atoms with Crippen LogP contribution in [0.4, 0.5) is 5.69 Å². The van der Waals surface area contributed by atoms with Gasteiger partial charge >= 0.3 is 5.97 Å². The Morgan fingerprint density at radius 3 is 2.66 bits per heavy atom. The van der Waals surface area contributed by atoms with Crippen LogP contribution in [0.25, 0.3) is 11.1 Å². The number of aromatic carboxylic acids is 1. The van der Waals surface area contributed by atoms with Crippen molar-refractivity contribution in [1.82, 2.24) is 10.3 Å². The maximum atomic E-state index is 11.1. The number of carboxylic acid groups (broad SMARTS) is 1. The van der Waals surface area contributed by atoms with Gasteiger partial charge in [-0.25, -0.2) is 4.79 Å². The molecule has 2 aromatic carbocycles. The molecular formula is C22H22ClN3O3. The van der Waals surface area contributed by atoms with Gasteiger partial charge in [-0.15, -0.1) is 0 Å². The number of hydrogen-bond acceptors (Lipinski definition) is 5. The van der Waals surface area contributed by atoms with E-state index in [1.165, 1.54) is 6.20 Å². The molecule has 0 saturated heterocycles. The van der Waals surface area contributed by atoms with Gasteiger partial charge < -0.3 is 20.8 Å². The molecule has 150 valence electrons. The van der Waals surface area contributed by atoms with E-state index in [4.69, 9.17) is 16.7 Å². The molecule has 1 heterocycles. The maximum absolute atomic E-state index is 11.1. The fourth-order valence-electron chi connectivity index (χ4n) is 2.89. The number of nitrogens with one attached hydrogen (secondary N) is 2. The number of carboxylic acids is 1. The summed E-state index contributed by atoms with van der Waals surface area (Å²) in [6.07, 6.45) is 2.35. The van der Waals surface area contributed by atoms with Gasteiger partial charge in [0.15, 0.2) is 0 Å². The summed E-state index contributed by atoms with van der Waals surface area (Å²) in [5, 5.41) is 26.4. The molecule has 0 fully saturated rings. The molecule has 0 bridgehead atoms. The quantitative estimate of drug-likeness (QED) is 0.400. The van der Waals surface area contributed by atoms with Crippen molar-refractivity contribution in [2.45, 2.75) is 6.10 Å². The Hall–Kier alpha value is -2.93. The maximum Gasteiger partial charge on any atom is 0.337 e. The fraction of sp³-hybridized carbons (Fsp3) is 0.182. The lowest BCUT2D eigenvalue weighted by Gasteiger charge is -2.13. The largest absolute Gasteiger partial charge is 0.478 e. The molecule has 0 aliphatic carbocycles. The van der Waals surface area contributed by atoms with Crippen LogP contribution in [0, 0.1) is 0 Å². The minimum atomic E-state index is -1.00. The van der Waals surface area contributed by atoms with E-state index in [2.05, 4.69) is 15.6 Å². The van der Waals surface area contributed by atoms with Crippen LogP contribution in [-0.2, 0) is 0 Å². The smallest absolute Gasteiger partial charge is 0.337 e. The van der Waals surface area contributed by atoms with Gasteiger partial charge in [-0.05, 0) is 41.5 Å². The van der Waals surface area contributed by atoms with Crippen molar-refractivity contribution < 1.29 is 15.0 Å². The molecule has 29 heavy (non-hydrogen) atoms. The van der Waals surface area contributed by atoms with Gasteiger partial charge in [-0.1, -0.05) is 35.9 Å². The second-order valence-corrected chi connectivity index (χ2v) is 6.99. The molecule has 0 radical (unpaired) electrons. The van der Waals surface area contributed by atoms with Crippen molar-refractivity contribution in [3.63, 3.8) is 0 Å². The van der Waals surface area contributed by atoms with E-state index in [1.54, 1.807) is 24.4 Å². The summed E-state index contributed by atoms with van der Waals surface area (Å²) in [6.45, 7) is 1.76. The van der Waals surface area contributed by atoms with Crippen molar-refractivity contribution in [3.05, 3.63) is 83.1 Å². The second kappa shape index (κ2) is 10.0. The Labute approximate surface area is 174 Å². The highest BCUT2D eigenvalue weighted by molar-refractivity contribution is 6.30. The van der Waals surface area contributed by atoms with Gasteiger partial charge in [0.2, 0.25) is 0 Å². The van der Waals surface area contributed by atoms with Gasteiger partial charge in [0.25, 0.3) is 0 Å². The van der Waals surface area contributed by atoms with Crippen LogP contribution in [0.3, 0.4) is 0 Å². The average Bonchev–Trinajstić information content (AvgIpc) is 2.73. The summed E-state index contributed by atoms with van der Waals surface area (Å²) >= 11 is 5.95. The van der Waals surface area contributed by atoms with Crippen molar-refractivity contribution in [2.24, 2.45) is 0 Å². The zero-order chi connectivity index (χ0) is 20.6. The lowest BCUT2D eigenvalue weighted by Crippen LogP contribution is -2.26. The summed E-state index contributed by atoms with van der Waals surface area (Å²) in [4.78, 5) is 15.1. The number of anilines is 1. The first-order valence-corrected chi connectivity index (χ1v) is 9.57. The number of hydrogen-bond donors (Lipinski definition) is 4. The third-order valence-corrected chi connectivity index (χ3v) is 4.62. The molecule has 1 atom stereocenters. The number of pyridine rings is 1. The monoisotopic (exact) mass is 411 g/mol. The van der Waals surface area contributed by atoms with E-state index in [1.807, 2.05) is 36.4 Å². The molecule has 0 aliphatic rings. The predicted octanol–water partition coefficient (Wildman–Crippen LogP) is 3.84. The van der Waals surface area contributed by atoms with E-state index in [-0.39, 0.29) is 5.56 Å². The van der Waals surface area contributed by atoms with Crippen LogP contribution in [0.1, 0.15) is 22.0 Å². The summed E-state index contributed by atoms with van der Waals surface area (Å²) in [6, 6.07) is 16.5. The van der Waals surface area contributed by atoms with Crippen LogP contribution >= 0.6 is 11.6 Å². The van der Waals surface area contributed by atoms with E-state index < -0.39 is 12.1 Å². The number of aliphatic hydroxyl groups is 1. The lowest BCUT2D eigenvalue weighted by molar-refractivity contribution is 0.0696. The molecule has 0 saturated carbocycles. The third kappa shape index (κ3) is 6.02. The normalized spacial score (nSPS) is 11.8. The van der Waals surface area contributed by atoms with Crippen molar-refractivity contribution in [1.29, 1.82) is 0 Å². The van der Waals surface area contributed by atoms with Crippen molar-refractivity contribution in [2.75, 3.05) is 25.0 Å². The molecule has 4 N–H and O–H groups in total. The van der Waals surface area contributed by atoms with Gasteiger partial charge in [0, 0.05) is 48.3 Å². The number of rotatable bonds is 9. The number of carbonyl (C=O) groups is 1. The first-order chi connectivity index (χ1) is 14.0. The van der Waals surface area contributed by atoms with Crippen LogP contribution in [0.5, 0.6) is 0 Å². The lowest BCUT2D eigenvalue weighted by atomic mass is 10.1. The number of aliphatic hydroxyl groups excluding tert-OH is 1. The zero-order valence-corrected chi connectivity index (χ0v) is 16.4. The first kappa shape index (κ1) is 20.8. The fourth-order valence-corrected chi connectivity index (χ4v) is 3.09. The molecule has 3 rings (SSSR count).